The molecule has 116 valence electrons. The summed E-state index contributed by atoms with van der Waals surface area (Å²) in [5.74, 6) is 0.0340. The molecule has 1 aromatic rings. The highest BCUT2D eigenvalue weighted by Crippen LogP contribution is 2.20. The van der Waals surface area contributed by atoms with Crippen LogP contribution >= 0.6 is 0 Å². The second kappa shape index (κ2) is 6.39. The van der Waals surface area contributed by atoms with Crippen LogP contribution in [-0.4, -0.2) is 36.1 Å². The molecule has 5 nitrogen and oxygen atoms in total. The Labute approximate surface area is 124 Å². The van der Waals surface area contributed by atoms with Gasteiger partial charge in [0.1, 0.15) is 0 Å². The number of carbonyl (C=O) groups excluding carboxylic acids is 1. The van der Waals surface area contributed by atoms with Crippen molar-refractivity contribution in [3.05, 3.63) is 23.6 Å². The van der Waals surface area contributed by atoms with E-state index in [9.17, 15) is 9.18 Å². The van der Waals surface area contributed by atoms with Gasteiger partial charge in [-0.05, 0) is 26.8 Å². The summed E-state index contributed by atoms with van der Waals surface area (Å²) in [5.41, 5.74) is 0.521. The van der Waals surface area contributed by atoms with Gasteiger partial charge in [-0.25, -0.2) is 9.37 Å². The fourth-order valence-electron chi connectivity index (χ4n) is 2.17. The predicted octanol–water partition coefficient (Wildman–Crippen LogP) is 1.44. The van der Waals surface area contributed by atoms with Crippen LogP contribution in [0.25, 0.3) is 0 Å². The van der Waals surface area contributed by atoms with Gasteiger partial charge >= 0.3 is 0 Å². The number of pyridine rings is 1. The number of nitrogens with zero attached hydrogens (tertiary/aromatic N) is 2. The summed E-state index contributed by atoms with van der Waals surface area (Å²) in [6.07, 6.45) is 1.99. The highest BCUT2D eigenvalue weighted by Gasteiger charge is 2.20. The van der Waals surface area contributed by atoms with Gasteiger partial charge in [0.2, 0.25) is 5.91 Å². The Kier molecular flexibility index (Phi) is 4.77. The summed E-state index contributed by atoms with van der Waals surface area (Å²) in [6, 6.07) is 1.69. The monoisotopic (exact) mass is 294 g/mol. The van der Waals surface area contributed by atoms with Crippen molar-refractivity contribution in [1.29, 1.82) is 0 Å². The van der Waals surface area contributed by atoms with Crippen LogP contribution in [0.3, 0.4) is 0 Å². The van der Waals surface area contributed by atoms with Crippen molar-refractivity contribution >= 4 is 11.7 Å². The van der Waals surface area contributed by atoms with Gasteiger partial charge in [0.05, 0.1) is 0 Å². The quantitative estimate of drug-likeness (QED) is 0.885. The van der Waals surface area contributed by atoms with Crippen molar-refractivity contribution in [3.8, 4) is 0 Å². The molecule has 2 N–H and O–H groups in total. The van der Waals surface area contributed by atoms with Crippen molar-refractivity contribution in [2.24, 2.45) is 0 Å². The molecule has 0 unspecified atom stereocenters. The second-order valence-corrected chi connectivity index (χ2v) is 6.30. The fourth-order valence-corrected chi connectivity index (χ4v) is 2.17. The number of carbonyl (C=O) groups is 1. The molecule has 0 radical (unpaired) electrons. The molecule has 0 aliphatic carbocycles. The molecule has 0 saturated carbocycles. The third-order valence-corrected chi connectivity index (χ3v) is 3.37. The molecule has 1 saturated heterocycles. The van der Waals surface area contributed by atoms with E-state index in [2.05, 4.69) is 15.6 Å². The molecular formula is C15H23FN4O. The van der Waals surface area contributed by atoms with E-state index in [4.69, 9.17) is 0 Å². The maximum absolute atomic E-state index is 14.6. The van der Waals surface area contributed by atoms with Crippen LogP contribution in [0.1, 0.15) is 32.8 Å². The summed E-state index contributed by atoms with van der Waals surface area (Å²) < 4.78 is 14.6. The van der Waals surface area contributed by atoms with Crippen molar-refractivity contribution in [2.45, 2.75) is 39.3 Å². The van der Waals surface area contributed by atoms with E-state index in [1.54, 1.807) is 12.3 Å². The van der Waals surface area contributed by atoms with Gasteiger partial charge in [0.15, 0.2) is 11.6 Å². The first-order valence-electron chi connectivity index (χ1n) is 7.27. The molecule has 1 aliphatic rings. The topological polar surface area (TPSA) is 57.3 Å². The van der Waals surface area contributed by atoms with Gasteiger partial charge in [-0.3, -0.25) is 4.79 Å². The maximum Gasteiger partial charge on any atom is 0.221 e. The van der Waals surface area contributed by atoms with E-state index in [1.165, 1.54) is 0 Å². The molecule has 0 spiro atoms. The SMILES string of the molecule is CC(C)(C)NCc1ccnc(N2CCNC(=O)CC2)c1F. The lowest BCUT2D eigenvalue weighted by Crippen LogP contribution is -2.35. The van der Waals surface area contributed by atoms with Gasteiger partial charge in [-0.2, -0.15) is 0 Å². The normalized spacial score (nSPS) is 16.6. The van der Waals surface area contributed by atoms with E-state index in [-0.39, 0.29) is 17.3 Å². The molecule has 0 aromatic carbocycles. The first kappa shape index (κ1) is 15.7. The smallest absolute Gasteiger partial charge is 0.221 e. The minimum atomic E-state index is -0.302. The van der Waals surface area contributed by atoms with Crippen LogP contribution in [0.4, 0.5) is 10.2 Å². The molecule has 1 aliphatic heterocycles. The lowest BCUT2D eigenvalue weighted by Gasteiger charge is -2.24. The van der Waals surface area contributed by atoms with E-state index in [1.807, 2.05) is 25.7 Å². The van der Waals surface area contributed by atoms with Gasteiger partial charge in [-0.1, -0.05) is 0 Å². The van der Waals surface area contributed by atoms with Gasteiger partial charge < -0.3 is 15.5 Å². The first-order chi connectivity index (χ1) is 9.87. The maximum atomic E-state index is 14.6. The molecule has 1 amide bonds. The van der Waals surface area contributed by atoms with E-state index < -0.39 is 0 Å². The van der Waals surface area contributed by atoms with Crippen LogP contribution in [0.5, 0.6) is 0 Å². The van der Waals surface area contributed by atoms with Crippen molar-refractivity contribution in [2.75, 3.05) is 24.5 Å². The minimum absolute atomic E-state index is 0.00321. The van der Waals surface area contributed by atoms with E-state index in [0.717, 1.165) is 0 Å². The number of hydrogen-bond acceptors (Lipinski definition) is 4. The third kappa shape index (κ3) is 4.39. The average Bonchev–Trinajstić information content (AvgIpc) is 2.61. The number of aromatic nitrogens is 1. The summed E-state index contributed by atoms with van der Waals surface area (Å²) in [5, 5.41) is 6.06. The zero-order chi connectivity index (χ0) is 15.5. The largest absolute Gasteiger partial charge is 0.354 e. The molecule has 0 bridgehead atoms. The van der Waals surface area contributed by atoms with E-state index >= 15 is 0 Å². The number of nitrogens with one attached hydrogen (secondary N) is 2. The molecule has 6 heteroatoms. The first-order valence-corrected chi connectivity index (χ1v) is 7.27. The summed E-state index contributed by atoms with van der Waals surface area (Å²) in [6.45, 7) is 8.16. The van der Waals surface area contributed by atoms with Crippen LogP contribution in [0.2, 0.25) is 0 Å². The van der Waals surface area contributed by atoms with Crippen molar-refractivity contribution in [1.82, 2.24) is 15.6 Å². The Hall–Kier alpha value is -1.69. The summed E-state index contributed by atoms with van der Waals surface area (Å²) >= 11 is 0. The molecule has 0 atom stereocenters. The zero-order valence-electron chi connectivity index (χ0n) is 12.9. The highest BCUT2D eigenvalue weighted by atomic mass is 19.1. The predicted molar refractivity (Wildman–Crippen MR) is 80.6 cm³/mol. The molecule has 2 heterocycles. The Bertz CT molecular complexity index is 513. The molecule has 1 aromatic heterocycles. The average molecular weight is 294 g/mol. The second-order valence-electron chi connectivity index (χ2n) is 6.30. The standard InChI is InChI=1S/C15H23FN4O/c1-15(2,3)19-10-11-4-6-18-14(13(11)16)20-8-5-12(21)17-7-9-20/h4,6,19H,5,7-10H2,1-3H3,(H,17,21). The van der Waals surface area contributed by atoms with Crippen molar-refractivity contribution < 1.29 is 9.18 Å². The lowest BCUT2D eigenvalue weighted by atomic mass is 10.1. The Morgan fingerprint density at radius 1 is 1.43 bits per heavy atom. The zero-order valence-corrected chi connectivity index (χ0v) is 12.9. The van der Waals surface area contributed by atoms with Crippen LogP contribution in [-0.2, 0) is 11.3 Å². The summed E-state index contributed by atoms with van der Waals surface area (Å²) in [4.78, 5) is 17.3. The summed E-state index contributed by atoms with van der Waals surface area (Å²) in [7, 11) is 0. The van der Waals surface area contributed by atoms with Crippen LogP contribution in [0.15, 0.2) is 12.3 Å². The number of halogens is 1. The van der Waals surface area contributed by atoms with Crippen LogP contribution < -0.4 is 15.5 Å². The fraction of sp³-hybridized carbons (Fsp3) is 0.600. The Balaban J connectivity index is 2.15. The third-order valence-electron chi connectivity index (χ3n) is 3.37. The highest BCUT2D eigenvalue weighted by molar-refractivity contribution is 5.77. The van der Waals surface area contributed by atoms with Crippen molar-refractivity contribution in [3.63, 3.8) is 0 Å². The van der Waals surface area contributed by atoms with Gasteiger partial charge in [0.25, 0.3) is 0 Å². The minimum Gasteiger partial charge on any atom is -0.354 e. The Morgan fingerprint density at radius 3 is 2.90 bits per heavy atom. The van der Waals surface area contributed by atoms with E-state index in [0.29, 0.717) is 44.0 Å². The lowest BCUT2D eigenvalue weighted by molar-refractivity contribution is -0.120. The number of amides is 1. The Morgan fingerprint density at radius 2 is 2.19 bits per heavy atom. The molecule has 2 rings (SSSR count). The number of hydrogen-bond donors (Lipinski definition) is 2. The van der Waals surface area contributed by atoms with Gasteiger partial charge in [0, 0.05) is 49.9 Å². The number of anilines is 1. The number of rotatable bonds is 3. The molecule has 1 fully saturated rings. The molecule has 21 heavy (non-hydrogen) atoms. The van der Waals surface area contributed by atoms with Gasteiger partial charge in [-0.15, -0.1) is 0 Å². The van der Waals surface area contributed by atoms with Crippen LogP contribution in [0, 0.1) is 5.82 Å². The molecular weight excluding hydrogens is 271 g/mol.